The number of nitro benzene ring substituents is 2. The minimum absolute atomic E-state index is 0.0134. The maximum Gasteiger partial charge on any atom is 0.275 e. The maximum absolute atomic E-state index is 11.5. The third-order valence-corrected chi connectivity index (χ3v) is 5.43. The van der Waals surface area contributed by atoms with E-state index < -0.39 is 9.85 Å². The van der Waals surface area contributed by atoms with Crippen molar-refractivity contribution >= 4 is 28.7 Å². The molecular weight excluding hydrogens is 358 g/mol. The molecule has 0 amide bonds. The number of nitrogens with zero attached hydrogens (tertiary/aromatic N) is 2. The molecule has 1 aliphatic carbocycles. The lowest BCUT2D eigenvalue weighted by atomic mass is 9.76. The van der Waals surface area contributed by atoms with Crippen LogP contribution in [0, 0.1) is 26.1 Å². The van der Waals surface area contributed by atoms with Crippen molar-refractivity contribution in [1.82, 2.24) is 0 Å². The van der Waals surface area contributed by atoms with E-state index in [1.54, 1.807) is 18.2 Å². The Labute approximate surface area is 153 Å². The highest BCUT2D eigenvalue weighted by Gasteiger charge is 2.44. The number of nitrogens with one attached hydrogen (secondary N) is 1. The number of hydrogen-bond donors (Lipinski definition) is 1. The number of para-hydroxylation sites is 1. The van der Waals surface area contributed by atoms with Gasteiger partial charge >= 0.3 is 0 Å². The van der Waals surface area contributed by atoms with Crippen molar-refractivity contribution < 1.29 is 9.85 Å². The molecule has 0 fully saturated rings. The average Bonchev–Trinajstić information content (AvgIpc) is 3.11. The molecule has 26 heavy (non-hydrogen) atoms. The first-order chi connectivity index (χ1) is 12.5. The van der Waals surface area contributed by atoms with Gasteiger partial charge in [0.1, 0.15) is 0 Å². The van der Waals surface area contributed by atoms with E-state index >= 15 is 0 Å². The van der Waals surface area contributed by atoms with E-state index in [-0.39, 0.29) is 29.3 Å². The zero-order chi connectivity index (χ0) is 18.4. The zero-order valence-corrected chi connectivity index (χ0v) is 14.2. The Kier molecular flexibility index (Phi) is 3.88. The van der Waals surface area contributed by atoms with Gasteiger partial charge in [-0.05, 0) is 18.4 Å². The van der Waals surface area contributed by atoms with E-state index in [0.29, 0.717) is 28.3 Å². The summed E-state index contributed by atoms with van der Waals surface area (Å²) in [5.74, 6) is -0.268. The minimum Gasteiger partial charge on any atom is -0.376 e. The summed E-state index contributed by atoms with van der Waals surface area (Å²) in [4.78, 5) is 22.1. The predicted octanol–water partition coefficient (Wildman–Crippen LogP) is 4.98. The molecule has 0 saturated carbocycles. The number of benzene rings is 2. The molecule has 4 rings (SSSR count). The Morgan fingerprint density at radius 3 is 2.50 bits per heavy atom. The van der Waals surface area contributed by atoms with Crippen molar-refractivity contribution in [3.05, 3.63) is 84.9 Å². The van der Waals surface area contributed by atoms with Gasteiger partial charge in [-0.15, -0.1) is 0 Å². The number of fused-ring (bicyclic) bond motifs is 3. The van der Waals surface area contributed by atoms with Crippen LogP contribution in [0.1, 0.15) is 29.5 Å². The fourth-order valence-electron chi connectivity index (χ4n) is 4.04. The van der Waals surface area contributed by atoms with Gasteiger partial charge in [-0.2, -0.15) is 0 Å². The van der Waals surface area contributed by atoms with Gasteiger partial charge in [-0.1, -0.05) is 42.0 Å². The number of hydrogen-bond acceptors (Lipinski definition) is 5. The molecule has 8 heteroatoms. The van der Waals surface area contributed by atoms with Crippen LogP contribution >= 0.6 is 11.6 Å². The van der Waals surface area contributed by atoms with Gasteiger partial charge in [0.15, 0.2) is 0 Å². The lowest BCUT2D eigenvalue weighted by Crippen LogP contribution is -2.30. The van der Waals surface area contributed by atoms with Crippen molar-refractivity contribution in [2.45, 2.75) is 18.4 Å². The van der Waals surface area contributed by atoms with Crippen LogP contribution in [-0.2, 0) is 0 Å². The van der Waals surface area contributed by atoms with Crippen LogP contribution in [0.3, 0.4) is 0 Å². The van der Waals surface area contributed by atoms with Gasteiger partial charge in [0.25, 0.3) is 11.4 Å². The van der Waals surface area contributed by atoms with Gasteiger partial charge in [0.2, 0.25) is 0 Å². The molecule has 1 N–H and O–H groups in total. The molecule has 2 aromatic rings. The van der Waals surface area contributed by atoms with Crippen molar-refractivity contribution in [3.8, 4) is 0 Å². The third kappa shape index (κ3) is 2.43. The van der Waals surface area contributed by atoms with Crippen LogP contribution in [0.25, 0.3) is 0 Å². The molecule has 132 valence electrons. The second-order valence-corrected chi connectivity index (χ2v) is 6.81. The summed E-state index contributed by atoms with van der Waals surface area (Å²) in [6, 6.07) is 9.12. The Morgan fingerprint density at radius 2 is 1.77 bits per heavy atom. The molecule has 0 aromatic heterocycles. The SMILES string of the molecule is O=[N+]([O-])c1ccccc1[C@@H]1Nc2c(Cl)ccc([N+](=O)[O-])c2[C@H]2C=CC[C@H]21. The lowest BCUT2D eigenvalue weighted by molar-refractivity contribution is -0.386. The van der Waals surface area contributed by atoms with Gasteiger partial charge in [-0.25, -0.2) is 0 Å². The standard InChI is InChI=1S/C18H14ClN3O4/c19-13-8-9-15(22(25)26)16-10-5-3-6-11(10)17(20-18(13)16)12-4-1-2-7-14(12)21(23)24/h1-5,7-11,17,20H,6H2/t10-,11+,17+/m0/s1. The summed E-state index contributed by atoms with van der Waals surface area (Å²) in [7, 11) is 0. The number of halogens is 1. The number of anilines is 1. The largest absolute Gasteiger partial charge is 0.376 e. The van der Waals surface area contributed by atoms with E-state index in [9.17, 15) is 20.2 Å². The van der Waals surface area contributed by atoms with Gasteiger partial charge in [-0.3, -0.25) is 20.2 Å². The summed E-state index contributed by atoms with van der Waals surface area (Å²) in [6.45, 7) is 0. The maximum atomic E-state index is 11.5. The normalized spacial score (nSPS) is 23.0. The fraction of sp³-hybridized carbons (Fsp3) is 0.222. The summed E-state index contributed by atoms with van der Waals surface area (Å²) < 4.78 is 0. The first-order valence-corrected chi connectivity index (χ1v) is 8.50. The quantitative estimate of drug-likeness (QED) is 0.466. The Hall–Kier alpha value is -2.93. The molecule has 0 saturated heterocycles. The fourth-order valence-corrected chi connectivity index (χ4v) is 4.26. The number of rotatable bonds is 3. The molecule has 1 heterocycles. The zero-order valence-electron chi connectivity index (χ0n) is 13.5. The van der Waals surface area contributed by atoms with E-state index in [1.807, 2.05) is 12.2 Å². The Balaban J connectivity index is 1.90. The third-order valence-electron chi connectivity index (χ3n) is 5.11. The monoisotopic (exact) mass is 371 g/mol. The molecule has 0 radical (unpaired) electrons. The summed E-state index contributed by atoms with van der Waals surface area (Å²) in [5, 5.41) is 26.6. The van der Waals surface area contributed by atoms with E-state index in [1.165, 1.54) is 18.2 Å². The summed E-state index contributed by atoms with van der Waals surface area (Å²) in [5.41, 5.74) is 1.64. The van der Waals surface area contributed by atoms with Gasteiger partial charge in [0.05, 0.1) is 37.7 Å². The Bertz CT molecular complexity index is 959. The van der Waals surface area contributed by atoms with Crippen molar-refractivity contribution in [1.29, 1.82) is 0 Å². The van der Waals surface area contributed by atoms with Crippen LogP contribution in [0.4, 0.5) is 17.1 Å². The predicted molar refractivity (Wildman–Crippen MR) is 97.6 cm³/mol. The van der Waals surface area contributed by atoms with Gasteiger partial charge in [0, 0.05) is 18.1 Å². The van der Waals surface area contributed by atoms with Crippen LogP contribution in [0.5, 0.6) is 0 Å². The molecule has 3 atom stereocenters. The molecule has 0 spiro atoms. The molecule has 1 aliphatic heterocycles. The molecular formula is C18H14ClN3O4. The van der Waals surface area contributed by atoms with Crippen LogP contribution < -0.4 is 5.32 Å². The first-order valence-electron chi connectivity index (χ1n) is 8.12. The Morgan fingerprint density at radius 1 is 1.04 bits per heavy atom. The van der Waals surface area contributed by atoms with Crippen molar-refractivity contribution in [3.63, 3.8) is 0 Å². The second-order valence-electron chi connectivity index (χ2n) is 6.40. The smallest absolute Gasteiger partial charge is 0.275 e. The minimum atomic E-state index is -0.411. The topological polar surface area (TPSA) is 98.3 Å². The summed E-state index contributed by atoms with van der Waals surface area (Å²) >= 11 is 6.32. The van der Waals surface area contributed by atoms with E-state index in [2.05, 4.69) is 5.32 Å². The molecule has 7 nitrogen and oxygen atoms in total. The number of nitro groups is 2. The molecule has 0 unspecified atom stereocenters. The first kappa shape index (κ1) is 16.5. The highest BCUT2D eigenvalue weighted by atomic mass is 35.5. The van der Waals surface area contributed by atoms with Gasteiger partial charge < -0.3 is 5.32 Å². The van der Waals surface area contributed by atoms with Crippen LogP contribution in [-0.4, -0.2) is 9.85 Å². The van der Waals surface area contributed by atoms with E-state index in [0.717, 1.165) is 0 Å². The lowest BCUT2D eigenvalue weighted by Gasteiger charge is -2.37. The van der Waals surface area contributed by atoms with Crippen molar-refractivity contribution in [2.75, 3.05) is 5.32 Å². The molecule has 2 aliphatic rings. The highest BCUT2D eigenvalue weighted by molar-refractivity contribution is 6.33. The van der Waals surface area contributed by atoms with E-state index in [4.69, 9.17) is 11.6 Å². The van der Waals surface area contributed by atoms with Crippen LogP contribution in [0.2, 0.25) is 5.02 Å². The van der Waals surface area contributed by atoms with Crippen LogP contribution in [0.15, 0.2) is 48.6 Å². The number of allylic oxidation sites excluding steroid dienone is 2. The summed E-state index contributed by atoms with van der Waals surface area (Å²) in [6.07, 6.45) is 4.59. The van der Waals surface area contributed by atoms with Crippen molar-refractivity contribution in [2.24, 2.45) is 5.92 Å². The average molecular weight is 372 g/mol. The molecule has 0 bridgehead atoms. The second kappa shape index (κ2) is 6.10. The highest BCUT2D eigenvalue weighted by Crippen LogP contribution is 2.55. The molecule has 2 aromatic carbocycles.